The van der Waals surface area contributed by atoms with Crippen molar-refractivity contribution in [1.82, 2.24) is 0 Å². The summed E-state index contributed by atoms with van der Waals surface area (Å²) in [6.45, 7) is 4.11. The lowest BCUT2D eigenvalue weighted by molar-refractivity contribution is -0.385. The van der Waals surface area contributed by atoms with Crippen molar-refractivity contribution in [3.8, 4) is 5.75 Å². The van der Waals surface area contributed by atoms with E-state index in [4.69, 9.17) is 0 Å². The number of Topliss-reactive ketones (excluding diaryl/α,β-unsaturated/α-hetero) is 1. The highest BCUT2D eigenvalue weighted by molar-refractivity contribution is 6.01. The van der Waals surface area contributed by atoms with Crippen LogP contribution in [0.4, 0.5) is 17.1 Å². The third kappa shape index (κ3) is 3.09. The second-order valence-electron chi connectivity index (χ2n) is 8.09. The summed E-state index contributed by atoms with van der Waals surface area (Å²) in [5.41, 5.74) is 3.10. The van der Waals surface area contributed by atoms with E-state index in [0.717, 1.165) is 17.1 Å². The van der Waals surface area contributed by atoms with Gasteiger partial charge in [-0.25, -0.2) is 0 Å². The molecule has 1 heterocycles. The monoisotopic (exact) mass is 379 g/mol. The molecule has 0 bridgehead atoms. The summed E-state index contributed by atoms with van der Waals surface area (Å²) in [7, 11) is 0. The van der Waals surface area contributed by atoms with E-state index in [1.165, 1.54) is 12.1 Å². The number of ketones is 1. The summed E-state index contributed by atoms with van der Waals surface area (Å²) < 4.78 is 0. The molecule has 1 atom stereocenters. The first-order valence-corrected chi connectivity index (χ1v) is 9.11. The van der Waals surface area contributed by atoms with Crippen LogP contribution in [0, 0.1) is 15.5 Å². The third-order valence-corrected chi connectivity index (χ3v) is 5.25. The van der Waals surface area contributed by atoms with E-state index >= 15 is 0 Å². The van der Waals surface area contributed by atoms with Gasteiger partial charge in [0.2, 0.25) is 0 Å². The largest absolute Gasteiger partial charge is 0.502 e. The Morgan fingerprint density at radius 1 is 1.14 bits per heavy atom. The number of nitro benzene ring substituents is 1. The first kappa shape index (κ1) is 18.0. The molecule has 144 valence electrons. The molecular formula is C21H21N3O4. The molecule has 1 aliphatic heterocycles. The van der Waals surface area contributed by atoms with E-state index in [0.29, 0.717) is 24.0 Å². The third-order valence-electron chi connectivity index (χ3n) is 5.25. The van der Waals surface area contributed by atoms with Crippen LogP contribution in [-0.2, 0) is 4.79 Å². The van der Waals surface area contributed by atoms with E-state index in [-0.39, 0.29) is 16.9 Å². The number of carbonyl (C=O) groups is 1. The molecule has 0 saturated carbocycles. The van der Waals surface area contributed by atoms with Crippen LogP contribution < -0.4 is 10.6 Å². The smallest absolute Gasteiger partial charge is 0.311 e. The minimum atomic E-state index is -0.622. The van der Waals surface area contributed by atoms with Gasteiger partial charge in [-0.1, -0.05) is 32.0 Å². The van der Waals surface area contributed by atoms with Crippen LogP contribution in [0.25, 0.3) is 0 Å². The van der Waals surface area contributed by atoms with Crippen molar-refractivity contribution >= 4 is 22.8 Å². The van der Waals surface area contributed by atoms with Gasteiger partial charge in [-0.2, -0.15) is 0 Å². The quantitative estimate of drug-likeness (QED) is 0.523. The maximum Gasteiger partial charge on any atom is 0.311 e. The molecule has 0 amide bonds. The van der Waals surface area contributed by atoms with Crippen LogP contribution in [0.15, 0.2) is 53.7 Å². The van der Waals surface area contributed by atoms with Crippen LogP contribution >= 0.6 is 0 Å². The van der Waals surface area contributed by atoms with Crippen molar-refractivity contribution in [2.45, 2.75) is 32.7 Å². The molecule has 1 aliphatic carbocycles. The van der Waals surface area contributed by atoms with Crippen LogP contribution in [-0.4, -0.2) is 15.8 Å². The zero-order valence-electron chi connectivity index (χ0n) is 15.7. The predicted molar refractivity (Wildman–Crippen MR) is 106 cm³/mol. The van der Waals surface area contributed by atoms with E-state index in [1.54, 1.807) is 6.07 Å². The second kappa shape index (κ2) is 6.37. The number of benzene rings is 2. The standard InChI is InChI=1S/C21H21N3O4/c1-21(2)10-15-19(18(26)11-21)20(23-14-6-4-3-5-13(14)22-15)12-7-8-17(25)16(9-12)24(27)28/h3-9,20,22-23,25H,10-11H2,1-2H3/t20-/m1/s1. The molecule has 0 radical (unpaired) electrons. The van der Waals surface area contributed by atoms with E-state index < -0.39 is 16.7 Å². The number of nitro groups is 1. The Kier molecular flexibility index (Phi) is 4.10. The summed E-state index contributed by atoms with van der Waals surface area (Å²) in [6, 6.07) is 11.3. The van der Waals surface area contributed by atoms with Crippen molar-refractivity contribution in [3.63, 3.8) is 0 Å². The maximum absolute atomic E-state index is 13.1. The molecule has 4 rings (SSSR count). The number of aromatic hydroxyl groups is 1. The SMILES string of the molecule is CC1(C)CC(=O)C2=C(C1)Nc1ccccc1N[C@@H]2c1ccc(O)c([N+](=O)[O-])c1. The Balaban J connectivity index is 1.90. The molecule has 0 saturated heterocycles. The lowest BCUT2D eigenvalue weighted by Crippen LogP contribution is -2.31. The topological polar surface area (TPSA) is 104 Å². The molecule has 2 aromatic carbocycles. The Hall–Kier alpha value is -3.35. The lowest BCUT2D eigenvalue weighted by Gasteiger charge is -2.34. The number of nitrogens with zero attached hydrogens (tertiary/aromatic N) is 1. The molecule has 0 aromatic heterocycles. The minimum Gasteiger partial charge on any atom is -0.502 e. The molecule has 3 N–H and O–H groups in total. The molecule has 7 nitrogen and oxygen atoms in total. The van der Waals surface area contributed by atoms with Crippen molar-refractivity contribution < 1.29 is 14.8 Å². The van der Waals surface area contributed by atoms with E-state index in [1.807, 2.05) is 24.3 Å². The van der Waals surface area contributed by atoms with Crippen molar-refractivity contribution in [2.24, 2.45) is 5.41 Å². The average molecular weight is 379 g/mol. The zero-order chi connectivity index (χ0) is 20.1. The van der Waals surface area contributed by atoms with Crippen LogP contribution in [0.5, 0.6) is 5.75 Å². The normalized spacial score (nSPS) is 20.4. The minimum absolute atomic E-state index is 0.0137. The predicted octanol–water partition coefficient (Wildman–Crippen LogP) is 4.52. The summed E-state index contributed by atoms with van der Waals surface area (Å²) in [5, 5.41) is 27.9. The fourth-order valence-corrected chi connectivity index (χ4v) is 4.01. The molecule has 0 unspecified atom stereocenters. The molecule has 7 heteroatoms. The van der Waals surface area contributed by atoms with Gasteiger partial charge in [0.15, 0.2) is 11.5 Å². The fourth-order valence-electron chi connectivity index (χ4n) is 4.01. The Labute approximate surface area is 162 Å². The zero-order valence-corrected chi connectivity index (χ0v) is 15.7. The highest BCUT2D eigenvalue weighted by Gasteiger charge is 2.39. The molecular weight excluding hydrogens is 358 g/mol. The number of carbonyl (C=O) groups excluding carboxylic acids is 1. The Morgan fingerprint density at radius 3 is 2.57 bits per heavy atom. The van der Waals surface area contributed by atoms with Crippen molar-refractivity contribution in [1.29, 1.82) is 0 Å². The number of para-hydroxylation sites is 2. The van der Waals surface area contributed by atoms with E-state index in [9.17, 15) is 20.0 Å². The van der Waals surface area contributed by atoms with Crippen molar-refractivity contribution in [2.75, 3.05) is 10.6 Å². The highest BCUT2D eigenvalue weighted by Crippen LogP contribution is 2.46. The molecule has 2 aromatic rings. The van der Waals surface area contributed by atoms with Crippen LogP contribution in [0.2, 0.25) is 0 Å². The molecule has 2 aliphatic rings. The number of phenols is 1. The number of rotatable bonds is 2. The average Bonchev–Trinajstić information content (AvgIpc) is 2.77. The number of hydrogen-bond acceptors (Lipinski definition) is 6. The summed E-state index contributed by atoms with van der Waals surface area (Å²) in [4.78, 5) is 23.8. The van der Waals surface area contributed by atoms with Gasteiger partial charge in [-0.3, -0.25) is 14.9 Å². The summed E-state index contributed by atoms with van der Waals surface area (Å²) >= 11 is 0. The first-order valence-electron chi connectivity index (χ1n) is 9.11. The van der Waals surface area contributed by atoms with Gasteiger partial charge in [0.05, 0.1) is 22.3 Å². The van der Waals surface area contributed by atoms with Gasteiger partial charge < -0.3 is 15.7 Å². The summed E-state index contributed by atoms with van der Waals surface area (Å²) in [5.74, 6) is -0.383. The number of anilines is 2. The van der Waals surface area contributed by atoms with Crippen LogP contribution in [0.1, 0.15) is 38.3 Å². The fraction of sp³-hybridized carbons (Fsp3) is 0.286. The molecule has 28 heavy (non-hydrogen) atoms. The number of phenolic OH excluding ortho intramolecular Hbond substituents is 1. The molecule has 0 fully saturated rings. The molecule has 0 spiro atoms. The van der Waals surface area contributed by atoms with Gasteiger partial charge >= 0.3 is 5.69 Å². The number of nitrogens with one attached hydrogen (secondary N) is 2. The van der Waals surface area contributed by atoms with Gasteiger partial charge in [0.1, 0.15) is 0 Å². The number of fused-ring (bicyclic) bond motifs is 1. The van der Waals surface area contributed by atoms with Gasteiger partial charge in [0.25, 0.3) is 0 Å². The number of hydrogen-bond donors (Lipinski definition) is 3. The van der Waals surface area contributed by atoms with Gasteiger partial charge in [-0.05, 0) is 35.6 Å². The first-order chi connectivity index (χ1) is 13.2. The van der Waals surface area contributed by atoms with E-state index in [2.05, 4.69) is 24.5 Å². The summed E-state index contributed by atoms with van der Waals surface area (Å²) in [6.07, 6.45) is 1.10. The number of allylic oxidation sites excluding steroid dienone is 1. The lowest BCUT2D eigenvalue weighted by atomic mass is 9.73. The Morgan fingerprint density at radius 2 is 1.86 bits per heavy atom. The second-order valence-corrected chi connectivity index (χ2v) is 8.09. The Bertz CT molecular complexity index is 1030. The van der Waals surface area contributed by atoms with Gasteiger partial charge in [0, 0.05) is 23.8 Å². The van der Waals surface area contributed by atoms with Crippen LogP contribution in [0.3, 0.4) is 0 Å². The van der Waals surface area contributed by atoms with Crippen molar-refractivity contribution in [3.05, 3.63) is 69.4 Å². The van der Waals surface area contributed by atoms with Gasteiger partial charge in [-0.15, -0.1) is 0 Å². The highest BCUT2D eigenvalue weighted by atomic mass is 16.6. The maximum atomic E-state index is 13.1.